The lowest BCUT2D eigenvalue weighted by molar-refractivity contribution is -0.153. The number of rotatable bonds is 5. The van der Waals surface area contributed by atoms with Crippen LogP contribution >= 0.6 is 0 Å². The minimum atomic E-state index is -0.373. The van der Waals surface area contributed by atoms with E-state index >= 15 is 4.39 Å². The number of amides is 1. The second-order valence-corrected chi connectivity index (χ2v) is 10.7. The zero-order chi connectivity index (χ0) is 22.2. The highest BCUT2D eigenvalue weighted by molar-refractivity contribution is 5.86. The van der Waals surface area contributed by atoms with Crippen molar-refractivity contribution in [3.63, 3.8) is 0 Å². The van der Waals surface area contributed by atoms with Gasteiger partial charge in [-0.15, -0.1) is 0 Å². The molecule has 7 rings (SSSR count). The van der Waals surface area contributed by atoms with Crippen LogP contribution in [0.2, 0.25) is 0 Å². The zero-order valence-corrected chi connectivity index (χ0v) is 18.7. The number of fused-ring (bicyclic) bond motifs is 1. The predicted octanol–water partition coefficient (Wildman–Crippen LogP) is 4.43. The van der Waals surface area contributed by atoms with Crippen molar-refractivity contribution in [3.8, 4) is 11.8 Å². The van der Waals surface area contributed by atoms with Crippen LogP contribution in [0.3, 0.4) is 0 Å². The molecule has 3 aliphatic carbocycles. The maximum Gasteiger partial charge on any atom is 0.223 e. The van der Waals surface area contributed by atoms with Gasteiger partial charge in [0.05, 0.1) is 34.2 Å². The molecule has 1 amide bonds. The number of nitrogens with zero attached hydrogens (tertiary/aromatic N) is 4. The topological polar surface area (TPSA) is 71.2 Å². The lowest BCUT2D eigenvalue weighted by atomic mass is 9.56. The van der Waals surface area contributed by atoms with Crippen molar-refractivity contribution in [1.29, 1.82) is 5.26 Å². The van der Waals surface area contributed by atoms with Crippen LogP contribution in [0.4, 0.5) is 4.39 Å². The molecule has 2 saturated heterocycles. The minimum Gasteiger partial charge on any atom is -0.487 e. The molecule has 5 fully saturated rings. The second-order valence-electron chi connectivity index (χ2n) is 10.7. The molecular weight excluding hydrogens is 407 g/mol. The van der Waals surface area contributed by atoms with Gasteiger partial charge in [-0.1, -0.05) is 6.92 Å². The number of carbonyl (C=O) groups is 1. The Balaban J connectivity index is 1.26. The molecule has 3 heterocycles. The van der Waals surface area contributed by atoms with Crippen molar-refractivity contribution < 1.29 is 13.9 Å². The Morgan fingerprint density at radius 1 is 1.31 bits per heavy atom. The number of aryl methyl sites for hydroxylation is 1. The normalized spacial score (nSPS) is 31.7. The highest BCUT2D eigenvalue weighted by Crippen LogP contribution is 2.56. The van der Waals surface area contributed by atoms with Gasteiger partial charge in [-0.2, -0.15) is 10.4 Å². The van der Waals surface area contributed by atoms with Crippen LogP contribution in [0.5, 0.6) is 5.75 Å². The number of ether oxygens (including phenoxy) is 1. The summed E-state index contributed by atoms with van der Waals surface area (Å²) in [5.74, 6) is 0.386. The molecule has 5 aliphatic rings. The van der Waals surface area contributed by atoms with E-state index in [1.807, 2.05) is 20.0 Å². The third kappa shape index (κ3) is 3.02. The first kappa shape index (κ1) is 20.0. The van der Waals surface area contributed by atoms with Crippen LogP contribution in [-0.4, -0.2) is 38.8 Å². The van der Waals surface area contributed by atoms with Gasteiger partial charge in [-0.05, 0) is 63.0 Å². The predicted molar refractivity (Wildman–Crippen MR) is 116 cm³/mol. The summed E-state index contributed by atoms with van der Waals surface area (Å²) in [7, 11) is 1.81. The number of benzene rings is 1. The first-order chi connectivity index (χ1) is 15.4. The molecule has 2 aromatic rings. The van der Waals surface area contributed by atoms with Crippen LogP contribution in [0.1, 0.15) is 69.9 Å². The van der Waals surface area contributed by atoms with Crippen molar-refractivity contribution in [2.75, 3.05) is 0 Å². The Kier molecular flexibility index (Phi) is 4.34. The first-order valence-corrected chi connectivity index (χ1v) is 11.9. The molecule has 2 aliphatic heterocycles. The zero-order valence-electron chi connectivity index (χ0n) is 18.7. The first-order valence-electron chi connectivity index (χ1n) is 11.9. The van der Waals surface area contributed by atoms with Gasteiger partial charge in [0.15, 0.2) is 11.6 Å². The summed E-state index contributed by atoms with van der Waals surface area (Å²) < 4.78 is 22.8. The molecule has 3 atom stereocenters. The largest absolute Gasteiger partial charge is 0.487 e. The molecule has 0 spiro atoms. The van der Waals surface area contributed by atoms with Gasteiger partial charge >= 0.3 is 0 Å². The van der Waals surface area contributed by atoms with Crippen LogP contribution in [0.25, 0.3) is 10.9 Å². The van der Waals surface area contributed by atoms with E-state index in [0.717, 1.165) is 44.9 Å². The molecule has 3 saturated carbocycles. The molecule has 168 valence electrons. The molecule has 7 heteroatoms. The highest BCUT2D eigenvalue weighted by atomic mass is 19.1. The van der Waals surface area contributed by atoms with Crippen LogP contribution < -0.4 is 4.74 Å². The molecule has 6 nitrogen and oxygen atoms in total. The molecule has 4 bridgehead atoms. The Labute approximate surface area is 187 Å². The van der Waals surface area contributed by atoms with Gasteiger partial charge in [-0.25, -0.2) is 4.39 Å². The van der Waals surface area contributed by atoms with Gasteiger partial charge in [0, 0.05) is 31.5 Å². The molecule has 0 radical (unpaired) electrons. The van der Waals surface area contributed by atoms with Crippen molar-refractivity contribution in [3.05, 3.63) is 23.6 Å². The summed E-state index contributed by atoms with van der Waals surface area (Å²) in [5, 5.41) is 14.8. The SMILES string of the molecule is CC(CC(=O)N1C2CC3CC1CC(C#N)(C3)C2)c1nn(C)c2ccc(OC3CC3)c(F)c12. The number of piperidine rings is 2. The van der Waals surface area contributed by atoms with E-state index in [4.69, 9.17) is 4.74 Å². The maximum absolute atomic E-state index is 15.4. The van der Waals surface area contributed by atoms with Gasteiger partial charge in [0.1, 0.15) is 0 Å². The van der Waals surface area contributed by atoms with Gasteiger partial charge < -0.3 is 9.64 Å². The summed E-state index contributed by atoms with van der Waals surface area (Å²) in [4.78, 5) is 15.5. The van der Waals surface area contributed by atoms with Gasteiger partial charge in [0.25, 0.3) is 0 Å². The minimum absolute atomic E-state index is 0.113. The number of nitriles is 1. The number of aromatic nitrogens is 2. The summed E-state index contributed by atoms with van der Waals surface area (Å²) in [6, 6.07) is 6.47. The standard InChI is InChI=1S/C25H29FN4O2/c1-14(7-21(31)30-16-8-15-9-17(30)12-25(10-15,11-16)13-27)24-22-19(29(2)28-24)5-6-20(23(22)26)32-18-3-4-18/h5-6,14-18H,3-4,7-12H2,1-2H3. The van der Waals surface area contributed by atoms with E-state index in [0.29, 0.717) is 28.9 Å². The molecular formula is C25H29FN4O2. The summed E-state index contributed by atoms with van der Waals surface area (Å²) >= 11 is 0. The van der Waals surface area contributed by atoms with E-state index in [1.54, 1.807) is 10.7 Å². The van der Waals surface area contributed by atoms with E-state index < -0.39 is 0 Å². The molecule has 32 heavy (non-hydrogen) atoms. The number of halogens is 1. The molecule has 3 unspecified atom stereocenters. The van der Waals surface area contributed by atoms with Crippen LogP contribution in [0.15, 0.2) is 12.1 Å². The average Bonchev–Trinajstić information content (AvgIpc) is 3.50. The summed E-state index contributed by atoms with van der Waals surface area (Å²) in [5.41, 5.74) is 1.11. The van der Waals surface area contributed by atoms with Gasteiger partial charge in [0.2, 0.25) is 5.91 Å². The van der Waals surface area contributed by atoms with E-state index in [-0.39, 0.29) is 47.0 Å². The fourth-order valence-electron chi connectivity index (χ4n) is 6.76. The van der Waals surface area contributed by atoms with Crippen LogP contribution in [0, 0.1) is 28.5 Å². The number of hydrogen-bond acceptors (Lipinski definition) is 4. The number of hydrogen-bond donors (Lipinski definition) is 0. The van der Waals surface area contributed by atoms with E-state index in [9.17, 15) is 10.1 Å². The van der Waals surface area contributed by atoms with Crippen molar-refractivity contribution in [2.45, 2.75) is 82.4 Å². The average molecular weight is 437 g/mol. The van der Waals surface area contributed by atoms with E-state index in [1.165, 1.54) is 0 Å². The van der Waals surface area contributed by atoms with Crippen molar-refractivity contribution in [2.24, 2.45) is 18.4 Å². The fourth-order valence-corrected chi connectivity index (χ4v) is 6.76. The summed E-state index contributed by atoms with van der Waals surface area (Å²) in [6.07, 6.45) is 6.99. The third-order valence-electron chi connectivity index (χ3n) is 8.17. The van der Waals surface area contributed by atoms with Gasteiger partial charge in [-0.3, -0.25) is 9.48 Å². The second kappa shape index (κ2) is 6.94. The summed E-state index contributed by atoms with van der Waals surface area (Å²) in [6.45, 7) is 1.96. The fraction of sp³-hybridized carbons (Fsp3) is 0.640. The van der Waals surface area contributed by atoms with Crippen molar-refractivity contribution in [1.82, 2.24) is 14.7 Å². The lowest BCUT2D eigenvalue weighted by Crippen LogP contribution is -2.63. The smallest absolute Gasteiger partial charge is 0.223 e. The van der Waals surface area contributed by atoms with E-state index in [2.05, 4.69) is 16.1 Å². The Morgan fingerprint density at radius 2 is 2.03 bits per heavy atom. The quantitative estimate of drug-likeness (QED) is 0.695. The Morgan fingerprint density at radius 3 is 2.69 bits per heavy atom. The highest BCUT2D eigenvalue weighted by Gasteiger charge is 2.56. The third-order valence-corrected chi connectivity index (χ3v) is 8.17. The number of carbonyl (C=O) groups excluding carboxylic acids is 1. The Hall–Kier alpha value is -2.62. The van der Waals surface area contributed by atoms with Crippen molar-refractivity contribution >= 4 is 16.8 Å². The maximum atomic E-state index is 15.4. The lowest BCUT2D eigenvalue weighted by Gasteiger charge is -2.59. The monoisotopic (exact) mass is 436 g/mol. The Bertz CT molecular complexity index is 1130. The molecule has 1 aromatic carbocycles. The van der Waals surface area contributed by atoms with Crippen LogP contribution in [-0.2, 0) is 11.8 Å². The molecule has 1 aromatic heterocycles. The molecule has 0 N–H and O–H groups in total.